The van der Waals surface area contributed by atoms with Crippen LogP contribution in [0.5, 0.6) is 0 Å². The molecule has 1 aromatic heterocycles. The van der Waals surface area contributed by atoms with Gasteiger partial charge in [-0.3, -0.25) is 14.7 Å². The van der Waals surface area contributed by atoms with Crippen LogP contribution in [0.4, 0.5) is 0 Å². The monoisotopic (exact) mass is 366 g/mol. The lowest BCUT2D eigenvalue weighted by molar-refractivity contribution is 0.0326. The van der Waals surface area contributed by atoms with Crippen molar-refractivity contribution in [2.75, 3.05) is 45.9 Å². The summed E-state index contributed by atoms with van der Waals surface area (Å²) in [5.74, 6) is -0.0858. The third kappa shape index (κ3) is 5.05. The van der Waals surface area contributed by atoms with Crippen LogP contribution < -0.4 is 0 Å². The predicted octanol–water partition coefficient (Wildman–Crippen LogP) is 1.53. The first kappa shape index (κ1) is 16.9. The number of halogens is 1. The van der Waals surface area contributed by atoms with Gasteiger partial charge in [-0.2, -0.15) is 5.26 Å². The number of amides is 1. The van der Waals surface area contributed by atoms with Crippen molar-refractivity contribution < 1.29 is 9.53 Å². The quantitative estimate of drug-likeness (QED) is 0.763. The van der Waals surface area contributed by atoms with Gasteiger partial charge in [-0.25, -0.2) is 0 Å². The van der Waals surface area contributed by atoms with Crippen LogP contribution >= 0.6 is 15.9 Å². The maximum absolute atomic E-state index is 12.6. The highest BCUT2D eigenvalue weighted by molar-refractivity contribution is 9.10. The third-order valence-corrected chi connectivity index (χ3v) is 3.96. The lowest BCUT2D eigenvalue weighted by atomic mass is 10.2. The van der Waals surface area contributed by atoms with Crippen LogP contribution in [0.2, 0.25) is 0 Å². The Morgan fingerprint density at radius 1 is 1.41 bits per heavy atom. The second-order valence-electron chi connectivity index (χ2n) is 5.05. The molecule has 0 radical (unpaired) electrons. The summed E-state index contributed by atoms with van der Waals surface area (Å²) in [6, 6.07) is 3.85. The van der Waals surface area contributed by atoms with E-state index in [1.807, 2.05) is 0 Å². The maximum atomic E-state index is 12.6. The lowest BCUT2D eigenvalue weighted by Gasteiger charge is -2.29. The first-order chi connectivity index (χ1) is 10.7. The van der Waals surface area contributed by atoms with Gasteiger partial charge < -0.3 is 9.64 Å². The Bertz CT molecular complexity index is 541. The maximum Gasteiger partial charge on any atom is 0.255 e. The summed E-state index contributed by atoms with van der Waals surface area (Å²) in [6.45, 7) is 5.09. The summed E-state index contributed by atoms with van der Waals surface area (Å²) in [5.41, 5.74) is 0.536. The number of pyridine rings is 1. The van der Waals surface area contributed by atoms with Crippen LogP contribution in [-0.4, -0.2) is 66.6 Å². The third-order valence-electron chi connectivity index (χ3n) is 3.52. The molecular formula is C15H19BrN4O2. The van der Waals surface area contributed by atoms with E-state index in [1.165, 1.54) is 0 Å². The number of aromatic nitrogens is 1. The Morgan fingerprint density at radius 3 is 2.86 bits per heavy atom. The summed E-state index contributed by atoms with van der Waals surface area (Å²) in [7, 11) is 0. The number of morpholine rings is 1. The van der Waals surface area contributed by atoms with Gasteiger partial charge in [0.25, 0.3) is 5.91 Å². The molecule has 1 aromatic rings. The molecule has 0 N–H and O–H groups in total. The number of ether oxygens (including phenoxy) is 1. The molecule has 0 spiro atoms. The normalized spacial score (nSPS) is 15.3. The highest BCUT2D eigenvalue weighted by atomic mass is 79.9. The average molecular weight is 367 g/mol. The standard InChI is InChI=1S/C15H19BrN4O2/c16-14-10-13(11-18-12-14)15(21)20(3-1-2-17)5-4-19-6-8-22-9-7-19/h10-12H,1,3-9H2. The molecule has 7 heteroatoms. The zero-order chi connectivity index (χ0) is 15.8. The van der Waals surface area contributed by atoms with Gasteiger partial charge in [-0.05, 0) is 22.0 Å². The predicted molar refractivity (Wildman–Crippen MR) is 85.3 cm³/mol. The number of carbonyl (C=O) groups excluding carboxylic acids is 1. The number of carbonyl (C=O) groups is 1. The van der Waals surface area contributed by atoms with Gasteiger partial charge in [-0.15, -0.1) is 0 Å². The van der Waals surface area contributed by atoms with Crippen LogP contribution in [0.25, 0.3) is 0 Å². The van der Waals surface area contributed by atoms with E-state index in [0.717, 1.165) is 37.3 Å². The number of nitrogens with zero attached hydrogens (tertiary/aromatic N) is 4. The Morgan fingerprint density at radius 2 is 2.18 bits per heavy atom. The SMILES string of the molecule is N#CCCN(CCN1CCOCC1)C(=O)c1cncc(Br)c1. The molecule has 22 heavy (non-hydrogen) atoms. The zero-order valence-corrected chi connectivity index (χ0v) is 14.0. The molecule has 1 amide bonds. The van der Waals surface area contributed by atoms with Crippen LogP contribution in [0.1, 0.15) is 16.8 Å². The minimum atomic E-state index is -0.0858. The van der Waals surface area contributed by atoms with Crippen LogP contribution in [-0.2, 0) is 4.74 Å². The molecule has 1 aliphatic rings. The molecule has 118 valence electrons. The molecule has 0 bridgehead atoms. The van der Waals surface area contributed by atoms with Gasteiger partial charge in [0.1, 0.15) is 0 Å². The van der Waals surface area contributed by atoms with Gasteiger partial charge in [-0.1, -0.05) is 0 Å². The molecule has 2 heterocycles. The fourth-order valence-electron chi connectivity index (χ4n) is 2.30. The molecule has 0 atom stereocenters. The van der Waals surface area contributed by atoms with Gasteiger partial charge in [0.15, 0.2) is 0 Å². The van der Waals surface area contributed by atoms with Crippen molar-refractivity contribution in [3.05, 3.63) is 28.5 Å². The van der Waals surface area contributed by atoms with E-state index >= 15 is 0 Å². The molecule has 6 nitrogen and oxygen atoms in total. The summed E-state index contributed by atoms with van der Waals surface area (Å²) in [4.78, 5) is 20.6. The molecule has 2 rings (SSSR count). The number of nitriles is 1. The number of rotatable bonds is 6. The van der Waals surface area contributed by atoms with Crippen molar-refractivity contribution >= 4 is 21.8 Å². The lowest BCUT2D eigenvalue weighted by Crippen LogP contribution is -2.43. The second kappa shape index (κ2) is 8.83. The van der Waals surface area contributed by atoms with Crippen molar-refractivity contribution in [3.63, 3.8) is 0 Å². The minimum absolute atomic E-state index is 0.0858. The van der Waals surface area contributed by atoms with Crippen LogP contribution in [0.3, 0.4) is 0 Å². The molecule has 0 unspecified atom stereocenters. The number of hydrogen-bond donors (Lipinski definition) is 0. The van der Waals surface area contributed by atoms with Crippen molar-refractivity contribution in [3.8, 4) is 6.07 Å². The number of hydrogen-bond acceptors (Lipinski definition) is 5. The fourth-order valence-corrected chi connectivity index (χ4v) is 2.66. The van der Waals surface area contributed by atoms with Gasteiger partial charge in [0, 0.05) is 49.6 Å². The highest BCUT2D eigenvalue weighted by Gasteiger charge is 2.18. The van der Waals surface area contributed by atoms with E-state index in [0.29, 0.717) is 25.1 Å². The smallest absolute Gasteiger partial charge is 0.255 e. The Balaban J connectivity index is 1.98. The van der Waals surface area contributed by atoms with Crippen molar-refractivity contribution in [2.45, 2.75) is 6.42 Å². The van der Waals surface area contributed by atoms with E-state index in [9.17, 15) is 4.79 Å². The van der Waals surface area contributed by atoms with Gasteiger partial charge >= 0.3 is 0 Å². The van der Waals surface area contributed by atoms with Gasteiger partial charge in [0.05, 0.1) is 31.3 Å². The summed E-state index contributed by atoms with van der Waals surface area (Å²) < 4.78 is 6.09. The average Bonchev–Trinajstić information content (AvgIpc) is 2.55. The highest BCUT2D eigenvalue weighted by Crippen LogP contribution is 2.12. The van der Waals surface area contributed by atoms with Crippen LogP contribution in [0.15, 0.2) is 22.9 Å². The van der Waals surface area contributed by atoms with Crippen molar-refractivity contribution in [1.82, 2.24) is 14.8 Å². The molecule has 1 aliphatic heterocycles. The molecule has 1 fully saturated rings. The molecular weight excluding hydrogens is 348 g/mol. The fraction of sp³-hybridized carbons (Fsp3) is 0.533. The van der Waals surface area contributed by atoms with Gasteiger partial charge in [0.2, 0.25) is 0 Å². The van der Waals surface area contributed by atoms with E-state index in [2.05, 4.69) is 31.9 Å². The second-order valence-corrected chi connectivity index (χ2v) is 5.96. The molecule has 0 aromatic carbocycles. The molecule has 0 aliphatic carbocycles. The van der Waals surface area contributed by atoms with Crippen molar-refractivity contribution in [2.24, 2.45) is 0 Å². The van der Waals surface area contributed by atoms with Crippen LogP contribution in [0, 0.1) is 11.3 Å². The Kier molecular flexibility index (Phi) is 6.77. The summed E-state index contributed by atoms with van der Waals surface area (Å²) in [6.07, 6.45) is 3.53. The first-order valence-corrected chi connectivity index (χ1v) is 8.07. The van der Waals surface area contributed by atoms with E-state index < -0.39 is 0 Å². The Labute approximate surface area is 138 Å². The minimum Gasteiger partial charge on any atom is -0.379 e. The molecule has 0 saturated carbocycles. The topological polar surface area (TPSA) is 69.5 Å². The largest absolute Gasteiger partial charge is 0.379 e. The Hall–Kier alpha value is -1.49. The van der Waals surface area contributed by atoms with E-state index in [1.54, 1.807) is 23.4 Å². The zero-order valence-electron chi connectivity index (χ0n) is 12.4. The summed E-state index contributed by atoms with van der Waals surface area (Å²) >= 11 is 3.33. The summed E-state index contributed by atoms with van der Waals surface area (Å²) in [5, 5.41) is 8.79. The molecule has 1 saturated heterocycles. The van der Waals surface area contributed by atoms with E-state index in [-0.39, 0.29) is 5.91 Å². The first-order valence-electron chi connectivity index (χ1n) is 7.27. The van der Waals surface area contributed by atoms with E-state index in [4.69, 9.17) is 10.00 Å². The van der Waals surface area contributed by atoms with Crippen molar-refractivity contribution in [1.29, 1.82) is 5.26 Å².